The molecule has 0 fully saturated rings. The van der Waals surface area contributed by atoms with Crippen LogP contribution in [-0.2, 0) is 4.79 Å². The molecule has 8 heteroatoms. The second kappa shape index (κ2) is 4.56. The van der Waals surface area contributed by atoms with E-state index in [-0.39, 0.29) is 0 Å². The van der Waals surface area contributed by atoms with Crippen molar-refractivity contribution in [2.24, 2.45) is 0 Å². The van der Waals surface area contributed by atoms with Gasteiger partial charge in [-0.05, 0) is 0 Å². The van der Waals surface area contributed by atoms with Crippen LogP contribution in [0.5, 0.6) is 0 Å². The summed E-state index contributed by atoms with van der Waals surface area (Å²) in [7, 11) is -1.85. The maximum atomic E-state index is 11.5. The van der Waals surface area contributed by atoms with E-state index in [4.69, 9.17) is 58.0 Å². The van der Waals surface area contributed by atoms with Crippen molar-refractivity contribution in [3.05, 3.63) is 0 Å². The first-order chi connectivity index (χ1) is 5.88. The molecule has 2 nitrogen and oxygen atoms in total. The summed E-state index contributed by atoms with van der Waals surface area (Å²) in [6, 6.07) is 0. The third-order valence-electron chi connectivity index (χ3n) is 1.13. The molecule has 0 aliphatic rings. The Balaban J connectivity index is 4.70. The third kappa shape index (κ3) is 4.33. The molecule has 0 aromatic heterocycles. The Morgan fingerprint density at radius 2 is 1.43 bits per heavy atom. The second-order valence-electron chi connectivity index (χ2n) is 3.78. The van der Waals surface area contributed by atoms with Crippen LogP contribution in [0.1, 0.15) is 0 Å². The van der Waals surface area contributed by atoms with Crippen molar-refractivity contribution in [3.8, 4) is 0 Å². The van der Waals surface area contributed by atoms with Crippen LogP contribution in [0.15, 0.2) is 0 Å². The van der Waals surface area contributed by atoms with Crippen LogP contribution in [0.25, 0.3) is 0 Å². The van der Waals surface area contributed by atoms with Crippen molar-refractivity contribution >= 4 is 72.1 Å². The number of hydrogen-bond donors (Lipinski definition) is 1. The van der Waals surface area contributed by atoms with Gasteiger partial charge in [-0.3, -0.25) is 4.79 Å². The van der Waals surface area contributed by atoms with Gasteiger partial charge in [-0.2, -0.15) is 0 Å². The van der Waals surface area contributed by atoms with Gasteiger partial charge in [0.05, 0.1) is 0 Å². The highest BCUT2D eigenvalue weighted by Crippen LogP contribution is 2.46. The van der Waals surface area contributed by atoms with E-state index in [1.165, 1.54) is 0 Å². The number of carbonyl (C=O) groups is 1. The van der Waals surface area contributed by atoms with Gasteiger partial charge in [0.25, 0.3) is 5.91 Å². The summed E-state index contributed by atoms with van der Waals surface area (Å²) in [6.07, 6.45) is 0. The van der Waals surface area contributed by atoms with Gasteiger partial charge in [-0.1, -0.05) is 77.6 Å². The molecule has 14 heavy (non-hydrogen) atoms. The van der Waals surface area contributed by atoms with E-state index in [1.807, 2.05) is 19.6 Å². The summed E-state index contributed by atoms with van der Waals surface area (Å²) in [5.74, 6) is -0.681. The lowest BCUT2D eigenvalue weighted by molar-refractivity contribution is -0.120. The normalized spacial score (nSPS) is 14.0. The van der Waals surface area contributed by atoms with Crippen LogP contribution in [0.2, 0.25) is 19.6 Å². The molecule has 0 saturated carbocycles. The fourth-order valence-electron chi connectivity index (χ4n) is 0.548. The average Bonchev–Trinajstić information content (AvgIpc) is 1.80. The van der Waals surface area contributed by atoms with Gasteiger partial charge in [0.15, 0.2) is 0 Å². The third-order valence-corrected chi connectivity index (χ3v) is 4.45. The van der Waals surface area contributed by atoms with E-state index in [0.29, 0.717) is 0 Å². The topological polar surface area (TPSA) is 29.1 Å². The van der Waals surface area contributed by atoms with E-state index >= 15 is 0 Å². The van der Waals surface area contributed by atoms with Gasteiger partial charge < -0.3 is 4.98 Å². The Labute approximate surface area is 109 Å². The van der Waals surface area contributed by atoms with Crippen LogP contribution in [0, 0.1) is 0 Å². The lowest BCUT2D eigenvalue weighted by Gasteiger charge is -2.29. The van der Waals surface area contributed by atoms with Gasteiger partial charge in [-0.25, -0.2) is 0 Å². The Bertz CT molecular complexity index is 231. The van der Waals surface area contributed by atoms with Gasteiger partial charge in [0.2, 0.25) is 8.13 Å². The Kier molecular flexibility index (Phi) is 4.93. The molecule has 0 aromatic carbocycles. The molecule has 1 N–H and O–H groups in total. The number of nitrogens with one attached hydrogen (secondary N) is 1. The standard InChI is InChI=1S/C6H10Cl5NOSi/c1-14(2,3)12-4(13)5(7,8)6(9,10)11/h1-3H3,(H,12,13). The number of hydrogen-bond acceptors (Lipinski definition) is 1. The number of carbonyl (C=O) groups excluding carboxylic acids is 1. The highest BCUT2D eigenvalue weighted by molar-refractivity contribution is 6.82. The molecule has 84 valence electrons. The molecule has 0 unspecified atom stereocenters. The number of rotatable bonds is 2. The zero-order valence-electron chi connectivity index (χ0n) is 7.80. The average molecular weight is 318 g/mol. The summed E-state index contributed by atoms with van der Waals surface area (Å²) >= 11 is 27.7. The zero-order chi connectivity index (χ0) is 11.8. The Morgan fingerprint density at radius 3 is 1.64 bits per heavy atom. The van der Waals surface area contributed by atoms with Gasteiger partial charge in [-0.15, -0.1) is 0 Å². The first kappa shape index (κ1) is 15.1. The van der Waals surface area contributed by atoms with E-state index in [9.17, 15) is 4.79 Å². The monoisotopic (exact) mass is 315 g/mol. The molecule has 0 spiro atoms. The van der Waals surface area contributed by atoms with Crippen LogP contribution in [0.4, 0.5) is 0 Å². The highest BCUT2D eigenvalue weighted by atomic mass is 35.6. The molecule has 0 aromatic rings. The quantitative estimate of drug-likeness (QED) is 0.613. The Hall–Kier alpha value is 1.14. The van der Waals surface area contributed by atoms with E-state index in [2.05, 4.69) is 4.98 Å². The molecule has 0 bridgehead atoms. The fraction of sp³-hybridized carbons (Fsp3) is 0.833. The van der Waals surface area contributed by atoms with E-state index in [0.717, 1.165) is 0 Å². The predicted molar refractivity (Wildman–Crippen MR) is 66.2 cm³/mol. The smallest absolute Gasteiger partial charge is 0.253 e. The molecule has 0 saturated heterocycles. The summed E-state index contributed by atoms with van der Waals surface area (Å²) in [5.41, 5.74) is 0. The molecule has 0 heterocycles. The second-order valence-corrected chi connectivity index (χ2v) is 12.1. The number of alkyl halides is 5. The minimum absolute atomic E-state index is 0.681. The summed E-state index contributed by atoms with van der Waals surface area (Å²) in [5, 5.41) is 0. The minimum Gasteiger partial charge on any atom is -0.380 e. The van der Waals surface area contributed by atoms with Crippen LogP contribution >= 0.6 is 58.0 Å². The van der Waals surface area contributed by atoms with Crippen LogP contribution in [-0.4, -0.2) is 22.3 Å². The van der Waals surface area contributed by atoms with Crippen LogP contribution < -0.4 is 4.98 Å². The van der Waals surface area contributed by atoms with Crippen molar-refractivity contribution in [1.29, 1.82) is 0 Å². The van der Waals surface area contributed by atoms with Gasteiger partial charge in [0, 0.05) is 0 Å². The lowest BCUT2D eigenvalue weighted by Crippen LogP contribution is -2.55. The van der Waals surface area contributed by atoms with E-state index < -0.39 is 22.3 Å². The van der Waals surface area contributed by atoms with Crippen molar-refractivity contribution in [2.45, 2.75) is 27.8 Å². The fourth-order valence-corrected chi connectivity index (χ4v) is 1.93. The van der Waals surface area contributed by atoms with Crippen molar-refractivity contribution < 1.29 is 4.79 Å². The summed E-state index contributed by atoms with van der Waals surface area (Å²) in [4.78, 5) is 14.2. The maximum absolute atomic E-state index is 11.5. The minimum atomic E-state index is -2.07. The molecule has 1 amide bonds. The summed E-state index contributed by atoms with van der Waals surface area (Å²) < 4.78 is -4.13. The number of amides is 1. The first-order valence-corrected chi connectivity index (χ1v) is 9.04. The van der Waals surface area contributed by atoms with Crippen molar-refractivity contribution in [1.82, 2.24) is 4.98 Å². The molecule has 0 aliphatic heterocycles. The molecule has 0 aliphatic carbocycles. The van der Waals surface area contributed by atoms with Gasteiger partial charge >= 0.3 is 0 Å². The molecule has 0 atom stereocenters. The van der Waals surface area contributed by atoms with Crippen molar-refractivity contribution in [2.75, 3.05) is 0 Å². The van der Waals surface area contributed by atoms with Gasteiger partial charge in [0.1, 0.15) is 8.24 Å². The Morgan fingerprint density at radius 1 is 1.07 bits per heavy atom. The SMILES string of the molecule is C[Si](C)(C)NC(=O)C(Cl)(Cl)C(Cl)(Cl)Cl. The maximum Gasteiger partial charge on any atom is 0.253 e. The van der Waals surface area contributed by atoms with E-state index in [1.54, 1.807) is 0 Å². The lowest BCUT2D eigenvalue weighted by atomic mass is 10.4. The first-order valence-electron chi connectivity index (χ1n) is 3.65. The molecule has 0 rings (SSSR count). The molecular formula is C6H10Cl5NOSi. The summed E-state index contributed by atoms with van der Waals surface area (Å²) in [6.45, 7) is 5.69. The largest absolute Gasteiger partial charge is 0.380 e. The number of halogens is 5. The van der Waals surface area contributed by atoms with Crippen LogP contribution in [0.3, 0.4) is 0 Å². The zero-order valence-corrected chi connectivity index (χ0v) is 12.6. The van der Waals surface area contributed by atoms with Crippen molar-refractivity contribution in [3.63, 3.8) is 0 Å². The highest BCUT2D eigenvalue weighted by Gasteiger charge is 2.52. The molecule has 0 radical (unpaired) electrons. The predicted octanol–water partition coefficient (Wildman–Crippen LogP) is 3.48. The molecular weight excluding hydrogens is 307 g/mol.